The first-order chi connectivity index (χ1) is 9.88. The van der Waals surface area contributed by atoms with Crippen LogP contribution in [-0.2, 0) is 6.54 Å². The monoisotopic (exact) mass is 288 g/mol. The number of aromatic nitrogens is 1. The lowest BCUT2D eigenvalue weighted by atomic mass is 10.1. The molecule has 0 saturated carbocycles. The molecule has 2 aromatic rings. The van der Waals surface area contributed by atoms with Gasteiger partial charge in [0, 0.05) is 24.8 Å². The van der Waals surface area contributed by atoms with E-state index in [4.69, 9.17) is 4.42 Å². The molecule has 0 amide bonds. The van der Waals surface area contributed by atoms with E-state index >= 15 is 0 Å². The van der Waals surface area contributed by atoms with Crippen molar-refractivity contribution < 1.29 is 14.3 Å². The predicted octanol–water partition coefficient (Wildman–Crippen LogP) is 3.44. The zero-order chi connectivity index (χ0) is 15.6. The Hall–Kier alpha value is -2.30. The molecule has 0 bridgehead atoms. The molecular formula is C16H20N2O3. The van der Waals surface area contributed by atoms with Crippen LogP contribution in [0.5, 0.6) is 0 Å². The van der Waals surface area contributed by atoms with Crippen LogP contribution in [0.15, 0.2) is 28.9 Å². The molecule has 2 aromatic heterocycles. The smallest absolute Gasteiger partial charge is 0.335 e. The van der Waals surface area contributed by atoms with Crippen molar-refractivity contribution in [3.63, 3.8) is 0 Å². The number of carboxylic acid groups (broad SMARTS) is 1. The minimum absolute atomic E-state index is 0.173. The molecule has 0 atom stereocenters. The molecule has 2 rings (SSSR count). The maximum Gasteiger partial charge on any atom is 0.335 e. The van der Waals surface area contributed by atoms with Crippen molar-refractivity contribution in [3.8, 4) is 0 Å². The van der Waals surface area contributed by atoms with Gasteiger partial charge in [0.05, 0.1) is 11.8 Å². The molecule has 5 nitrogen and oxygen atoms in total. The van der Waals surface area contributed by atoms with Gasteiger partial charge in [-0.15, -0.1) is 0 Å². The standard InChI is InChI=1S/C16H20N2O3/c1-10(2)14-7-13(16(19)20)8-15(17-14)18(4)9-12-5-6-21-11(12)3/h5-8,10H,9H2,1-4H3,(H,19,20). The molecule has 0 radical (unpaired) electrons. The topological polar surface area (TPSA) is 66.6 Å². The Morgan fingerprint density at radius 1 is 1.43 bits per heavy atom. The largest absolute Gasteiger partial charge is 0.478 e. The minimum atomic E-state index is -0.937. The van der Waals surface area contributed by atoms with Crippen LogP contribution in [0.1, 0.15) is 47.1 Å². The Morgan fingerprint density at radius 2 is 2.14 bits per heavy atom. The highest BCUT2D eigenvalue weighted by Gasteiger charge is 2.14. The van der Waals surface area contributed by atoms with Crippen LogP contribution < -0.4 is 4.90 Å². The van der Waals surface area contributed by atoms with Crippen LogP contribution in [0.2, 0.25) is 0 Å². The SMILES string of the molecule is Cc1occc1CN(C)c1cc(C(=O)O)cc(C(C)C)n1. The highest BCUT2D eigenvalue weighted by Crippen LogP contribution is 2.22. The third kappa shape index (κ3) is 3.42. The molecule has 0 aliphatic heterocycles. The first-order valence-corrected chi connectivity index (χ1v) is 6.88. The van der Waals surface area contributed by atoms with Crippen molar-refractivity contribution >= 4 is 11.8 Å². The zero-order valence-electron chi connectivity index (χ0n) is 12.8. The lowest BCUT2D eigenvalue weighted by Crippen LogP contribution is -2.19. The summed E-state index contributed by atoms with van der Waals surface area (Å²) in [6.45, 7) is 6.52. The van der Waals surface area contributed by atoms with E-state index in [9.17, 15) is 9.90 Å². The highest BCUT2D eigenvalue weighted by molar-refractivity contribution is 5.88. The second-order valence-corrected chi connectivity index (χ2v) is 5.46. The van der Waals surface area contributed by atoms with Gasteiger partial charge in [0.1, 0.15) is 11.6 Å². The molecule has 0 fully saturated rings. The van der Waals surface area contributed by atoms with Gasteiger partial charge in [-0.25, -0.2) is 9.78 Å². The molecule has 0 aliphatic carbocycles. The highest BCUT2D eigenvalue weighted by atomic mass is 16.4. The van der Waals surface area contributed by atoms with Gasteiger partial charge in [-0.05, 0) is 31.0 Å². The number of aromatic carboxylic acids is 1. The zero-order valence-corrected chi connectivity index (χ0v) is 12.8. The van der Waals surface area contributed by atoms with Crippen molar-refractivity contribution in [2.75, 3.05) is 11.9 Å². The van der Waals surface area contributed by atoms with E-state index < -0.39 is 5.97 Å². The summed E-state index contributed by atoms with van der Waals surface area (Å²) in [5.41, 5.74) is 2.10. The number of anilines is 1. The predicted molar refractivity (Wildman–Crippen MR) is 80.8 cm³/mol. The van der Waals surface area contributed by atoms with Crippen molar-refractivity contribution in [3.05, 3.63) is 47.0 Å². The Labute approximate surface area is 124 Å². The van der Waals surface area contributed by atoms with Gasteiger partial charge in [0.2, 0.25) is 0 Å². The van der Waals surface area contributed by atoms with Gasteiger partial charge >= 0.3 is 5.97 Å². The average Bonchev–Trinajstić information content (AvgIpc) is 2.83. The van der Waals surface area contributed by atoms with Gasteiger partial charge < -0.3 is 14.4 Å². The van der Waals surface area contributed by atoms with Gasteiger partial charge in [-0.1, -0.05) is 13.8 Å². The summed E-state index contributed by atoms with van der Waals surface area (Å²) in [5, 5.41) is 9.24. The number of rotatable bonds is 5. The van der Waals surface area contributed by atoms with E-state index in [1.807, 2.05) is 38.8 Å². The molecule has 112 valence electrons. The Balaban J connectivity index is 2.33. The number of aryl methyl sites for hydroxylation is 1. The van der Waals surface area contributed by atoms with E-state index in [1.54, 1.807) is 18.4 Å². The number of pyridine rings is 1. The number of hydrogen-bond acceptors (Lipinski definition) is 4. The minimum Gasteiger partial charge on any atom is -0.478 e. The molecule has 21 heavy (non-hydrogen) atoms. The summed E-state index contributed by atoms with van der Waals surface area (Å²) < 4.78 is 5.28. The Bertz CT molecular complexity index is 647. The molecule has 0 aliphatic rings. The summed E-state index contributed by atoms with van der Waals surface area (Å²) >= 11 is 0. The van der Waals surface area contributed by atoms with Gasteiger partial charge in [0.15, 0.2) is 0 Å². The van der Waals surface area contributed by atoms with Crippen molar-refractivity contribution in [1.82, 2.24) is 4.98 Å². The van der Waals surface area contributed by atoms with Crippen molar-refractivity contribution in [2.24, 2.45) is 0 Å². The first kappa shape index (κ1) is 15.1. The third-order valence-corrected chi connectivity index (χ3v) is 3.43. The number of carboxylic acids is 1. The Morgan fingerprint density at radius 3 is 2.67 bits per heavy atom. The number of furan rings is 1. The second-order valence-electron chi connectivity index (χ2n) is 5.46. The summed E-state index contributed by atoms with van der Waals surface area (Å²) in [6, 6.07) is 5.15. The number of hydrogen-bond donors (Lipinski definition) is 1. The van der Waals surface area contributed by atoms with Crippen LogP contribution in [0.3, 0.4) is 0 Å². The van der Waals surface area contributed by atoms with Crippen LogP contribution in [0.25, 0.3) is 0 Å². The lowest BCUT2D eigenvalue weighted by Gasteiger charge is -2.20. The van der Waals surface area contributed by atoms with Crippen LogP contribution in [0, 0.1) is 6.92 Å². The summed E-state index contributed by atoms with van der Waals surface area (Å²) in [5.74, 6) is 0.750. The van der Waals surface area contributed by atoms with Crippen molar-refractivity contribution in [1.29, 1.82) is 0 Å². The summed E-state index contributed by atoms with van der Waals surface area (Å²) in [4.78, 5) is 17.7. The second kappa shape index (κ2) is 5.99. The fraction of sp³-hybridized carbons (Fsp3) is 0.375. The molecular weight excluding hydrogens is 268 g/mol. The fourth-order valence-electron chi connectivity index (χ4n) is 2.06. The van der Waals surface area contributed by atoms with Gasteiger partial charge in [-0.2, -0.15) is 0 Å². The van der Waals surface area contributed by atoms with E-state index in [1.165, 1.54) is 0 Å². The fourth-order valence-corrected chi connectivity index (χ4v) is 2.06. The maximum absolute atomic E-state index is 11.3. The van der Waals surface area contributed by atoms with Crippen molar-refractivity contribution in [2.45, 2.75) is 33.2 Å². The third-order valence-electron chi connectivity index (χ3n) is 3.43. The lowest BCUT2D eigenvalue weighted by molar-refractivity contribution is 0.0696. The quantitative estimate of drug-likeness (QED) is 0.912. The molecule has 2 heterocycles. The Kier molecular flexibility index (Phi) is 4.31. The molecule has 0 aromatic carbocycles. The van der Waals surface area contributed by atoms with E-state index in [2.05, 4.69) is 4.98 Å². The summed E-state index contributed by atoms with van der Waals surface area (Å²) in [7, 11) is 1.89. The van der Waals surface area contributed by atoms with E-state index in [0.29, 0.717) is 12.4 Å². The normalized spacial score (nSPS) is 10.9. The van der Waals surface area contributed by atoms with Crippen LogP contribution >= 0.6 is 0 Å². The van der Waals surface area contributed by atoms with Crippen LogP contribution in [-0.4, -0.2) is 23.1 Å². The molecule has 0 unspecified atom stereocenters. The maximum atomic E-state index is 11.3. The summed E-state index contributed by atoms with van der Waals surface area (Å²) in [6.07, 6.45) is 1.65. The van der Waals surface area contributed by atoms with Gasteiger partial charge in [0.25, 0.3) is 0 Å². The molecule has 1 N–H and O–H groups in total. The first-order valence-electron chi connectivity index (χ1n) is 6.88. The van der Waals surface area contributed by atoms with E-state index in [-0.39, 0.29) is 11.5 Å². The molecule has 5 heteroatoms. The van der Waals surface area contributed by atoms with Crippen LogP contribution in [0.4, 0.5) is 5.82 Å². The number of carbonyl (C=O) groups is 1. The molecule has 0 saturated heterocycles. The van der Waals surface area contributed by atoms with Gasteiger partial charge in [-0.3, -0.25) is 0 Å². The van der Waals surface area contributed by atoms with E-state index in [0.717, 1.165) is 17.0 Å². The molecule has 0 spiro atoms. The number of nitrogens with zero attached hydrogens (tertiary/aromatic N) is 2. The average molecular weight is 288 g/mol.